The quantitative estimate of drug-likeness (QED) is 0.0684. The Hall–Kier alpha value is -5.37. The number of ether oxygens (including phenoxy) is 1. The number of carbonyl (C=O) groups excluding carboxylic acids is 1. The third-order valence-electron chi connectivity index (χ3n) is 6.74. The lowest BCUT2D eigenvalue weighted by atomic mass is 10.0. The number of halogens is 2. The number of nitrogens with two attached hydrogens (primary N) is 1. The summed E-state index contributed by atoms with van der Waals surface area (Å²) in [4.78, 5) is 29.2. The fraction of sp³-hybridized carbons (Fsp3) is 0.281. The summed E-state index contributed by atoms with van der Waals surface area (Å²) in [6.07, 6.45) is 6.94. The number of aryl methyl sites for hydroxylation is 1. The SMILES string of the molecule is C=C(NCCNC(=O)[C@@H](N)CCC)c1ccc(Nc2nccn3c(-c4ccc(OC)c(F)c4F)cnc23)cc1CC.C=N.O=CO. The number of aromatic nitrogens is 3. The van der Waals surface area contributed by atoms with Gasteiger partial charge in [-0.2, -0.15) is 4.39 Å². The second kappa shape index (κ2) is 18.4. The van der Waals surface area contributed by atoms with Crippen LogP contribution in [0.1, 0.15) is 37.8 Å². The van der Waals surface area contributed by atoms with Gasteiger partial charge in [0.15, 0.2) is 23.0 Å². The van der Waals surface area contributed by atoms with Gasteiger partial charge in [0.05, 0.1) is 25.0 Å². The maximum absolute atomic E-state index is 14.8. The molecule has 0 bridgehead atoms. The smallest absolute Gasteiger partial charge is 0.290 e. The van der Waals surface area contributed by atoms with Crippen molar-refractivity contribution in [2.75, 3.05) is 25.5 Å². The molecule has 0 saturated carbocycles. The normalized spacial score (nSPS) is 10.8. The zero-order valence-corrected chi connectivity index (χ0v) is 26.1. The molecule has 2 heterocycles. The van der Waals surface area contributed by atoms with Crippen LogP contribution in [0.4, 0.5) is 20.3 Å². The van der Waals surface area contributed by atoms with Crippen molar-refractivity contribution < 1.29 is 28.2 Å². The van der Waals surface area contributed by atoms with Crippen LogP contribution in [0.3, 0.4) is 0 Å². The van der Waals surface area contributed by atoms with Gasteiger partial charge in [-0.05, 0) is 49.4 Å². The Labute approximate surface area is 266 Å². The van der Waals surface area contributed by atoms with Gasteiger partial charge in [-0.25, -0.2) is 14.4 Å². The Morgan fingerprint density at radius 3 is 2.50 bits per heavy atom. The molecule has 2 aromatic heterocycles. The molecule has 1 amide bonds. The molecule has 4 aromatic rings. The summed E-state index contributed by atoms with van der Waals surface area (Å²) in [5, 5.41) is 21.8. The maximum atomic E-state index is 14.8. The molecule has 0 aliphatic carbocycles. The van der Waals surface area contributed by atoms with Crippen LogP contribution in [0.2, 0.25) is 0 Å². The molecule has 4 rings (SSSR count). The molecule has 246 valence electrons. The topological polar surface area (TPSA) is 180 Å². The maximum Gasteiger partial charge on any atom is 0.290 e. The van der Waals surface area contributed by atoms with Crippen LogP contribution in [-0.2, 0) is 16.0 Å². The molecule has 0 fully saturated rings. The Kier molecular flexibility index (Phi) is 14.8. The average Bonchev–Trinajstić information content (AvgIpc) is 3.50. The van der Waals surface area contributed by atoms with Gasteiger partial charge in [0.25, 0.3) is 6.47 Å². The summed E-state index contributed by atoms with van der Waals surface area (Å²) in [6, 6.07) is 8.20. The molecule has 0 saturated heterocycles. The predicted molar refractivity (Wildman–Crippen MR) is 175 cm³/mol. The molecule has 7 N–H and O–H groups in total. The van der Waals surface area contributed by atoms with Crippen LogP contribution in [0, 0.1) is 17.0 Å². The van der Waals surface area contributed by atoms with E-state index in [1.807, 2.05) is 32.0 Å². The number of carbonyl (C=O) groups is 2. The highest BCUT2D eigenvalue weighted by atomic mass is 19.2. The fourth-order valence-corrected chi connectivity index (χ4v) is 4.56. The molecule has 12 nitrogen and oxygen atoms in total. The van der Waals surface area contributed by atoms with Crippen LogP contribution in [-0.4, -0.2) is 64.8 Å². The van der Waals surface area contributed by atoms with Gasteiger partial charge >= 0.3 is 0 Å². The number of benzene rings is 2. The Morgan fingerprint density at radius 1 is 1.15 bits per heavy atom. The van der Waals surface area contributed by atoms with E-state index < -0.39 is 17.7 Å². The predicted octanol–water partition coefficient (Wildman–Crippen LogP) is 4.76. The van der Waals surface area contributed by atoms with Crippen LogP contribution in [0.5, 0.6) is 5.75 Å². The molecule has 14 heteroatoms. The van der Waals surface area contributed by atoms with Crippen molar-refractivity contribution in [1.82, 2.24) is 25.0 Å². The van der Waals surface area contributed by atoms with Crippen LogP contribution in [0.15, 0.2) is 55.5 Å². The summed E-state index contributed by atoms with van der Waals surface area (Å²) < 4.78 is 35.7. The van der Waals surface area contributed by atoms with E-state index in [0.717, 1.165) is 35.4 Å². The number of nitrogens with zero attached hydrogens (tertiary/aromatic N) is 3. The highest BCUT2D eigenvalue weighted by Crippen LogP contribution is 2.32. The minimum absolute atomic E-state index is 0.0555. The van der Waals surface area contributed by atoms with Crippen molar-refractivity contribution in [3.8, 4) is 17.0 Å². The van der Waals surface area contributed by atoms with Crippen LogP contribution < -0.4 is 26.4 Å². The van der Waals surface area contributed by atoms with Gasteiger partial charge in [0.2, 0.25) is 11.7 Å². The zero-order valence-electron chi connectivity index (χ0n) is 26.1. The van der Waals surface area contributed by atoms with Crippen molar-refractivity contribution in [2.24, 2.45) is 5.73 Å². The molecule has 0 unspecified atom stereocenters. The van der Waals surface area contributed by atoms with Crippen LogP contribution >= 0.6 is 0 Å². The zero-order chi connectivity index (χ0) is 34.2. The number of imidazole rings is 1. The van der Waals surface area contributed by atoms with E-state index in [0.29, 0.717) is 36.7 Å². The number of amides is 1. The number of fused-ring (bicyclic) bond motifs is 1. The van der Waals surface area contributed by atoms with E-state index in [2.05, 4.69) is 39.2 Å². The van der Waals surface area contributed by atoms with E-state index >= 15 is 0 Å². The standard InChI is InChI=1S/C30H35F2N7O2.CH3N.CH2O2/c1-5-7-23(33)30(40)36-13-12-34-18(3)21-9-8-20(16-19(21)6-2)38-28-29-37-17-24(39(29)15-14-35-28)22-10-11-25(41-4)27(32)26(22)31;1-2;2-1-3/h8-11,14-17,23,34H,3,5-7,12-13,33H2,1-2,4H3,(H,35,38)(H,36,40);2H,1H2;1H,(H,2,3)/t23-;;/m0../s1. The number of nitrogens with one attached hydrogen (secondary N) is 4. The number of carboxylic acid groups (broad SMARTS) is 1. The van der Waals surface area contributed by atoms with Crippen molar-refractivity contribution >= 4 is 41.9 Å². The van der Waals surface area contributed by atoms with E-state index in [1.54, 1.807) is 16.8 Å². The molecule has 0 aliphatic heterocycles. The van der Waals surface area contributed by atoms with E-state index in [1.165, 1.54) is 25.4 Å². The Morgan fingerprint density at radius 2 is 1.85 bits per heavy atom. The number of hydrogen-bond acceptors (Lipinski definition) is 9. The molecular formula is C32H40F2N8O4. The van der Waals surface area contributed by atoms with E-state index in [-0.39, 0.29) is 23.7 Å². The second-order valence-corrected chi connectivity index (χ2v) is 9.60. The molecular weight excluding hydrogens is 598 g/mol. The lowest BCUT2D eigenvalue weighted by Gasteiger charge is -2.16. The van der Waals surface area contributed by atoms with Gasteiger partial charge in [0.1, 0.15) is 0 Å². The van der Waals surface area contributed by atoms with E-state index in [4.69, 9.17) is 25.8 Å². The summed E-state index contributed by atoms with van der Waals surface area (Å²) in [5.74, 6) is -1.94. The van der Waals surface area contributed by atoms with Crippen LogP contribution in [0.25, 0.3) is 22.6 Å². The first-order valence-electron chi connectivity index (χ1n) is 14.3. The highest BCUT2D eigenvalue weighted by molar-refractivity contribution is 5.81. The minimum Gasteiger partial charge on any atom is -0.494 e. The Bertz CT molecular complexity index is 1630. The third-order valence-corrected chi connectivity index (χ3v) is 6.74. The van der Waals surface area contributed by atoms with Crippen molar-refractivity contribution in [3.63, 3.8) is 0 Å². The van der Waals surface area contributed by atoms with Gasteiger partial charge in [-0.3, -0.25) is 14.0 Å². The lowest BCUT2D eigenvalue weighted by molar-refractivity contribution is -0.123. The van der Waals surface area contributed by atoms with Crippen molar-refractivity contribution in [1.29, 1.82) is 5.41 Å². The molecule has 1 atom stereocenters. The second-order valence-electron chi connectivity index (χ2n) is 9.60. The highest BCUT2D eigenvalue weighted by Gasteiger charge is 2.19. The van der Waals surface area contributed by atoms with Gasteiger partial charge < -0.3 is 36.9 Å². The first kappa shape index (κ1) is 36.8. The molecule has 0 spiro atoms. The van der Waals surface area contributed by atoms with Gasteiger partial charge in [-0.1, -0.05) is 32.9 Å². The van der Waals surface area contributed by atoms with Gasteiger partial charge in [-0.15, -0.1) is 0 Å². The summed E-state index contributed by atoms with van der Waals surface area (Å²) in [7, 11) is 1.28. The van der Waals surface area contributed by atoms with Gasteiger partial charge in [0, 0.05) is 48.0 Å². The fourth-order valence-electron chi connectivity index (χ4n) is 4.56. The Balaban J connectivity index is 0.00000139. The number of rotatable bonds is 13. The summed E-state index contributed by atoms with van der Waals surface area (Å²) >= 11 is 0. The average molecular weight is 639 g/mol. The largest absolute Gasteiger partial charge is 0.494 e. The number of anilines is 2. The molecule has 0 radical (unpaired) electrons. The molecule has 2 aromatic carbocycles. The first-order chi connectivity index (χ1) is 22.2. The number of hydrogen-bond donors (Lipinski definition) is 6. The first-order valence-corrected chi connectivity index (χ1v) is 14.3. The molecule has 46 heavy (non-hydrogen) atoms. The third kappa shape index (κ3) is 9.08. The minimum atomic E-state index is -1.06. The van der Waals surface area contributed by atoms with E-state index in [9.17, 15) is 13.6 Å². The molecule has 0 aliphatic rings. The summed E-state index contributed by atoms with van der Waals surface area (Å²) in [5.41, 5.74) is 10.3. The monoisotopic (exact) mass is 638 g/mol. The van der Waals surface area contributed by atoms with Crippen molar-refractivity contribution in [3.05, 3.63) is 78.3 Å². The number of methoxy groups -OCH3 is 1. The summed E-state index contributed by atoms with van der Waals surface area (Å²) in [6.45, 7) is 11.4. The lowest BCUT2D eigenvalue weighted by Crippen LogP contribution is -2.42. The van der Waals surface area contributed by atoms with Crippen molar-refractivity contribution in [2.45, 2.75) is 39.2 Å².